The topological polar surface area (TPSA) is 168 Å². The van der Waals surface area contributed by atoms with Gasteiger partial charge in [0.25, 0.3) is 5.91 Å². The van der Waals surface area contributed by atoms with Crippen molar-refractivity contribution in [2.45, 2.75) is 81.7 Å². The van der Waals surface area contributed by atoms with Crippen LogP contribution in [-0.2, 0) is 21.4 Å². The normalized spacial score (nSPS) is 23.8. The number of carbonyl (C=O) groups excluding carboxylic acids is 2. The van der Waals surface area contributed by atoms with E-state index in [9.17, 15) is 14.7 Å². The molecule has 0 radical (unpaired) electrons. The summed E-state index contributed by atoms with van der Waals surface area (Å²) in [5.41, 5.74) is 3.14. The molecule has 3 aromatic carbocycles. The van der Waals surface area contributed by atoms with Crippen molar-refractivity contribution < 1.29 is 28.3 Å². The van der Waals surface area contributed by atoms with Crippen molar-refractivity contribution in [1.29, 1.82) is 0 Å². The molecule has 2 amide bonds. The highest BCUT2D eigenvalue weighted by Crippen LogP contribution is 2.59. The molecule has 4 atom stereocenters. The van der Waals surface area contributed by atoms with Crippen molar-refractivity contribution in [3.05, 3.63) is 107 Å². The van der Waals surface area contributed by atoms with Crippen LogP contribution in [0.25, 0.3) is 33.8 Å². The van der Waals surface area contributed by atoms with Crippen LogP contribution in [0.5, 0.6) is 5.75 Å². The summed E-state index contributed by atoms with van der Waals surface area (Å²) in [6, 6.07) is 20.2. The van der Waals surface area contributed by atoms with Gasteiger partial charge in [0.1, 0.15) is 28.8 Å². The van der Waals surface area contributed by atoms with Crippen molar-refractivity contribution in [2.75, 3.05) is 5.32 Å². The lowest BCUT2D eigenvalue weighted by molar-refractivity contribution is -0.145. The minimum atomic E-state index is -1.52. The maximum atomic E-state index is 14.3. The van der Waals surface area contributed by atoms with Gasteiger partial charge < -0.3 is 39.6 Å². The molecule has 3 aromatic heterocycles. The van der Waals surface area contributed by atoms with E-state index in [0.717, 1.165) is 58.1 Å². The summed E-state index contributed by atoms with van der Waals surface area (Å²) in [5.74, 6) is 1.13. The highest BCUT2D eigenvalue weighted by Gasteiger charge is 2.61. The minimum absolute atomic E-state index is 0.169. The third kappa shape index (κ3) is 4.85. The number of anilines is 1. The second kappa shape index (κ2) is 12.1. The molecule has 0 saturated heterocycles. The van der Waals surface area contributed by atoms with Gasteiger partial charge in [-0.3, -0.25) is 9.59 Å². The quantitative estimate of drug-likeness (QED) is 0.133. The summed E-state index contributed by atoms with van der Waals surface area (Å²) in [6.45, 7) is 3.96. The van der Waals surface area contributed by atoms with Crippen molar-refractivity contribution in [1.82, 2.24) is 25.6 Å². The molecule has 1 saturated carbocycles. The van der Waals surface area contributed by atoms with Gasteiger partial charge in [0, 0.05) is 40.3 Å². The standard InChI is InChI=1S/C42H40N6O6/c1-22(2)33-38-48-34(37-44-21-32(52-37)25-20-43-28-12-6-4-10-24(25)28)35(54-38)42-26-11-5-7-13-29(26)46-40(42)53-31-15-14-23(18-27(31)42)19-30(36(49)47-33)45-39(50)41(51)16-8-3-9-17-41/h4-7,10-15,18,20-22,30,33,40,43,46,51H,3,8-9,16-17,19H2,1-2H3,(H,45,50)(H,47,49)/t30-,33-,40?,42?/m0/s1. The number of aliphatic hydroxyl groups is 1. The molecule has 12 heteroatoms. The highest BCUT2D eigenvalue weighted by molar-refractivity contribution is 5.94. The molecule has 1 aliphatic carbocycles. The van der Waals surface area contributed by atoms with Crippen molar-refractivity contribution in [3.63, 3.8) is 0 Å². The zero-order valence-corrected chi connectivity index (χ0v) is 29.9. The summed E-state index contributed by atoms with van der Waals surface area (Å²) in [7, 11) is 0. The fourth-order valence-corrected chi connectivity index (χ4v) is 8.89. The van der Waals surface area contributed by atoms with Crippen LogP contribution in [0.1, 0.15) is 80.3 Å². The summed E-state index contributed by atoms with van der Waals surface area (Å²) < 4.78 is 20.3. The van der Waals surface area contributed by atoms with E-state index in [1.165, 1.54) is 0 Å². The molecule has 2 unspecified atom stereocenters. The first-order valence-electron chi connectivity index (χ1n) is 18.8. The van der Waals surface area contributed by atoms with Crippen LogP contribution in [0.3, 0.4) is 0 Å². The summed E-state index contributed by atoms with van der Waals surface area (Å²) >= 11 is 0. The molecule has 5 N–H and O–H groups in total. The van der Waals surface area contributed by atoms with Crippen LogP contribution in [0.4, 0.5) is 5.69 Å². The van der Waals surface area contributed by atoms with E-state index in [1.54, 1.807) is 6.20 Å². The predicted molar refractivity (Wildman–Crippen MR) is 199 cm³/mol. The van der Waals surface area contributed by atoms with Gasteiger partial charge >= 0.3 is 0 Å². The Morgan fingerprint density at radius 2 is 1.80 bits per heavy atom. The van der Waals surface area contributed by atoms with Gasteiger partial charge in [-0.15, -0.1) is 0 Å². The van der Waals surface area contributed by atoms with Gasteiger partial charge in [0.15, 0.2) is 23.4 Å². The third-order valence-corrected chi connectivity index (χ3v) is 11.7. The number of H-pyrrole nitrogens is 1. The fourth-order valence-electron chi connectivity index (χ4n) is 8.89. The Morgan fingerprint density at radius 1 is 0.981 bits per heavy atom. The Hall–Kier alpha value is -5.88. The molecule has 10 rings (SSSR count). The van der Waals surface area contributed by atoms with Gasteiger partial charge in [0.05, 0.1) is 6.20 Å². The number of nitrogens with one attached hydrogen (secondary N) is 4. The number of aromatic amines is 1. The van der Waals surface area contributed by atoms with Crippen LogP contribution >= 0.6 is 0 Å². The number of aromatic nitrogens is 3. The van der Waals surface area contributed by atoms with E-state index in [1.807, 2.05) is 80.7 Å². The molecule has 54 heavy (non-hydrogen) atoms. The molecule has 6 aromatic rings. The maximum absolute atomic E-state index is 14.3. The molecule has 12 nitrogen and oxygen atoms in total. The van der Waals surface area contributed by atoms with E-state index < -0.39 is 41.1 Å². The van der Waals surface area contributed by atoms with E-state index >= 15 is 0 Å². The number of oxazole rings is 2. The maximum Gasteiger partial charge on any atom is 0.252 e. The second-order valence-corrected chi connectivity index (χ2v) is 15.4. The van der Waals surface area contributed by atoms with Crippen molar-refractivity contribution in [2.24, 2.45) is 5.92 Å². The zero-order chi connectivity index (χ0) is 36.8. The van der Waals surface area contributed by atoms with Gasteiger partial charge in [-0.05, 0) is 48.1 Å². The Labute approximate surface area is 310 Å². The lowest BCUT2D eigenvalue weighted by atomic mass is 9.72. The lowest BCUT2D eigenvalue weighted by Crippen LogP contribution is -2.56. The van der Waals surface area contributed by atoms with Crippen LogP contribution in [-0.4, -0.2) is 49.7 Å². The fraction of sp³-hybridized carbons (Fsp3) is 0.333. The number of hydrogen-bond donors (Lipinski definition) is 5. The number of hydrogen-bond acceptors (Lipinski definition) is 9. The van der Waals surface area contributed by atoms with Crippen molar-refractivity contribution >= 4 is 28.4 Å². The SMILES string of the molecule is CC(C)[C@@H]1NC(=O)[C@@H](NC(=O)C2(O)CCCCC2)Cc2ccc3c(c2)C2(c4ccccc4NC2O3)c2oc1nc2-c1ncc(-c2c[nH]c3ccccc23)o1. The Morgan fingerprint density at radius 3 is 2.65 bits per heavy atom. The van der Waals surface area contributed by atoms with E-state index in [0.29, 0.717) is 35.8 Å². The molecular formula is C42H40N6O6. The first kappa shape index (κ1) is 32.7. The number of ether oxygens (including phenoxy) is 1. The number of benzene rings is 3. The molecule has 274 valence electrons. The van der Waals surface area contributed by atoms with E-state index in [2.05, 4.69) is 27.0 Å². The molecule has 6 heterocycles. The van der Waals surface area contributed by atoms with Crippen LogP contribution in [0, 0.1) is 5.92 Å². The molecule has 4 aliphatic rings. The van der Waals surface area contributed by atoms with Gasteiger partial charge in [-0.25, -0.2) is 9.97 Å². The second-order valence-electron chi connectivity index (χ2n) is 15.4. The minimum Gasteiger partial charge on any atom is -0.469 e. The monoisotopic (exact) mass is 724 g/mol. The molecule has 3 aliphatic heterocycles. The zero-order valence-electron chi connectivity index (χ0n) is 29.9. The average molecular weight is 725 g/mol. The van der Waals surface area contributed by atoms with E-state index in [-0.39, 0.29) is 24.1 Å². The number of carbonyl (C=O) groups is 2. The number of fused-ring (bicyclic) bond motifs is 5. The largest absolute Gasteiger partial charge is 0.469 e. The number of nitrogens with zero attached hydrogens (tertiary/aromatic N) is 2. The smallest absolute Gasteiger partial charge is 0.252 e. The number of rotatable bonds is 5. The first-order chi connectivity index (χ1) is 26.2. The lowest BCUT2D eigenvalue weighted by Gasteiger charge is -2.33. The molecular weight excluding hydrogens is 684 g/mol. The third-order valence-electron chi connectivity index (χ3n) is 11.7. The molecule has 1 fully saturated rings. The van der Waals surface area contributed by atoms with Gasteiger partial charge in [-0.1, -0.05) is 81.6 Å². The number of amides is 2. The molecule has 1 spiro atoms. The summed E-state index contributed by atoms with van der Waals surface area (Å²) in [5, 5.41) is 22.0. The Bertz CT molecular complexity index is 2460. The van der Waals surface area contributed by atoms with E-state index in [4.69, 9.17) is 23.5 Å². The average Bonchev–Trinajstić information content (AvgIpc) is 4.00. The first-order valence-corrected chi connectivity index (χ1v) is 18.8. The van der Waals surface area contributed by atoms with Gasteiger partial charge in [-0.2, -0.15) is 0 Å². The highest BCUT2D eigenvalue weighted by atomic mass is 16.5. The van der Waals surface area contributed by atoms with Crippen LogP contribution < -0.4 is 20.7 Å². The summed E-state index contributed by atoms with van der Waals surface area (Å²) in [4.78, 5) is 41.2. The Kier molecular flexibility index (Phi) is 7.32. The van der Waals surface area contributed by atoms with Gasteiger partial charge in [0.2, 0.25) is 17.7 Å². The number of para-hydroxylation sites is 2. The predicted octanol–water partition coefficient (Wildman–Crippen LogP) is 6.51. The summed E-state index contributed by atoms with van der Waals surface area (Å²) in [6.07, 6.45) is 6.37. The van der Waals surface area contributed by atoms with Crippen molar-refractivity contribution in [3.8, 4) is 28.7 Å². The molecule has 4 bridgehead atoms. The van der Waals surface area contributed by atoms with Crippen LogP contribution in [0.15, 0.2) is 88.0 Å². The van der Waals surface area contributed by atoms with Crippen LogP contribution in [0.2, 0.25) is 0 Å². The Balaban J connectivity index is 1.16.